The van der Waals surface area contributed by atoms with Crippen LogP contribution in [-0.4, -0.2) is 52.7 Å². The van der Waals surface area contributed by atoms with Gasteiger partial charge in [0, 0.05) is 5.33 Å². The third kappa shape index (κ3) is 8.90. The topological polar surface area (TPSA) is 69.9 Å². The van der Waals surface area contributed by atoms with Gasteiger partial charge < -0.3 is 20.1 Å². The number of aliphatic hydroxyl groups excluding tert-OH is 3. The Morgan fingerprint density at radius 1 is 1.07 bits per heavy atom. The predicted octanol–water partition coefficient (Wildman–Crippen LogP) is 0.282. The molecule has 3 N–H and O–H groups in total. The van der Waals surface area contributed by atoms with Crippen molar-refractivity contribution in [1.82, 2.24) is 0 Å². The van der Waals surface area contributed by atoms with E-state index in [1.807, 2.05) is 0 Å². The number of ether oxygens (including phenoxy) is 1. The van der Waals surface area contributed by atoms with Crippen molar-refractivity contribution >= 4 is 15.9 Å². The van der Waals surface area contributed by atoms with E-state index in [9.17, 15) is 5.11 Å². The molecule has 0 aromatic carbocycles. The molecule has 0 spiro atoms. The third-order valence-corrected chi connectivity index (χ3v) is 2.31. The second kappa shape index (κ2) is 9.86. The molecule has 2 unspecified atom stereocenters. The zero-order valence-electron chi connectivity index (χ0n) is 8.23. The number of hydrogen-bond donors (Lipinski definition) is 3. The fourth-order valence-electron chi connectivity index (χ4n) is 0.951. The van der Waals surface area contributed by atoms with Crippen molar-refractivity contribution in [3.05, 3.63) is 0 Å². The monoisotopic (exact) mass is 270 g/mol. The highest BCUT2D eigenvalue weighted by atomic mass is 79.9. The minimum atomic E-state index is -0.843. The smallest absolute Gasteiger partial charge is 0.100 e. The Hall–Kier alpha value is 0.320. The summed E-state index contributed by atoms with van der Waals surface area (Å²) < 4.78 is 5.01. The van der Waals surface area contributed by atoms with E-state index in [1.54, 1.807) is 0 Å². The lowest BCUT2D eigenvalue weighted by Crippen LogP contribution is -2.23. The molecule has 0 radical (unpaired) electrons. The van der Waals surface area contributed by atoms with Crippen molar-refractivity contribution in [3.8, 4) is 0 Å². The Labute approximate surface area is 93.0 Å². The van der Waals surface area contributed by atoms with E-state index in [-0.39, 0.29) is 19.8 Å². The van der Waals surface area contributed by atoms with Crippen LogP contribution in [0.5, 0.6) is 0 Å². The molecule has 0 aliphatic carbocycles. The van der Waals surface area contributed by atoms with Gasteiger partial charge in [0.25, 0.3) is 0 Å². The summed E-state index contributed by atoms with van der Waals surface area (Å²) >= 11 is 3.31. The Kier molecular flexibility index (Phi) is 10.1. The van der Waals surface area contributed by atoms with Gasteiger partial charge in [0.05, 0.1) is 25.9 Å². The molecule has 0 aromatic heterocycles. The van der Waals surface area contributed by atoms with Crippen molar-refractivity contribution in [2.75, 3.05) is 25.2 Å². The van der Waals surface area contributed by atoms with Gasteiger partial charge in [-0.25, -0.2) is 0 Å². The lowest BCUT2D eigenvalue weighted by atomic mass is 10.2. The van der Waals surface area contributed by atoms with E-state index >= 15 is 0 Å². The molecule has 14 heavy (non-hydrogen) atoms. The van der Waals surface area contributed by atoms with Gasteiger partial charge >= 0.3 is 0 Å². The molecule has 2 atom stereocenters. The number of halogens is 1. The second-order valence-electron chi connectivity index (χ2n) is 3.21. The zero-order chi connectivity index (χ0) is 10.8. The predicted molar refractivity (Wildman–Crippen MR) is 57.6 cm³/mol. The van der Waals surface area contributed by atoms with Gasteiger partial charge in [-0.05, 0) is 19.3 Å². The van der Waals surface area contributed by atoms with Crippen LogP contribution >= 0.6 is 15.9 Å². The van der Waals surface area contributed by atoms with Crippen LogP contribution < -0.4 is 0 Å². The summed E-state index contributed by atoms with van der Waals surface area (Å²) in [6, 6.07) is 0. The highest BCUT2D eigenvalue weighted by Gasteiger charge is 2.06. The average molecular weight is 271 g/mol. The third-order valence-electron chi connectivity index (χ3n) is 1.75. The van der Waals surface area contributed by atoms with Crippen molar-refractivity contribution < 1.29 is 20.1 Å². The van der Waals surface area contributed by atoms with Crippen LogP contribution in [0, 0.1) is 0 Å². The van der Waals surface area contributed by atoms with Gasteiger partial charge in [-0.3, -0.25) is 0 Å². The summed E-state index contributed by atoms with van der Waals surface area (Å²) in [4.78, 5) is 0. The summed E-state index contributed by atoms with van der Waals surface area (Å²) in [6.45, 7) is -0.00890. The Bertz CT molecular complexity index is 123. The molecule has 0 saturated carbocycles. The number of alkyl halides is 1. The van der Waals surface area contributed by atoms with Gasteiger partial charge in [-0.1, -0.05) is 15.9 Å². The van der Waals surface area contributed by atoms with Crippen LogP contribution in [0.2, 0.25) is 0 Å². The zero-order valence-corrected chi connectivity index (χ0v) is 9.82. The first-order valence-electron chi connectivity index (χ1n) is 4.81. The number of unbranched alkanes of at least 4 members (excludes halogenated alkanes) is 1. The maximum atomic E-state index is 9.38. The lowest BCUT2D eigenvalue weighted by Gasteiger charge is -2.12. The molecule has 5 heteroatoms. The van der Waals surface area contributed by atoms with Gasteiger partial charge in [0.15, 0.2) is 0 Å². The number of aliphatic hydroxyl groups is 3. The maximum Gasteiger partial charge on any atom is 0.100 e. The van der Waals surface area contributed by atoms with Gasteiger partial charge in [-0.2, -0.15) is 0 Å². The molecular formula is C9H19BrO4. The van der Waals surface area contributed by atoms with Crippen LogP contribution in [0.3, 0.4) is 0 Å². The normalized spacial score (nSPS) is 15.4. The van der Waals surface area contributed by atoms with Gasteiger partial charge in [0.1, 0.15) is 6.10 Å². The summed E-state index contributed by atoms with van der Waals surface area (Å²) in [5.74, 6) is 0. The Morgan fingerprint density at radius 2 is 1.71 bits per heavy atom. The molecule has 0 fully saturated rings. The molecular weight excluding hydrogens is 252 g/mol. The largest absolute Gasteiger partial charge is 0.394 e. The molecule has 0 heterocycles. The highest BCUT2D eigenvalue weighted by Crippen LogP contribution is 2.03. The molecule has 86 valence electrons. The van der Waals surface area contributed by atoms with Crippen molar-refractivity contribution in [2.45, 2.75) is 31.5 Å². The summed E-state index contributed by atoms with van der Waals surface area (Å²) in [5, 5.41) is 27.7. The second-order valence-corrected chi connectivity index (χ2v) is 4.01. The van der Waals surface area contributed by atoms with Gasteiger partial charge in [-0.15, -0.1) is 0 Å². The van der Waals surface area contributed by atoms with E-state index in [1.165, 1.54) is 0 Å². The minimum absolute atomic E-state index is 0.0754. The van der Waals surface area contributed by atoms with Crippen molar-refractivity contribution in [2.24, 2.45) is 0 Å². The van der Waals surface area contributed by atoms with Crippen LogP contribution in [-0.2, 0) is 4.74 Å². The van der Waals surface area contributed by atoms with E-state index in [4.69, 9.17) is 14.9 Å². The first-order chi connectivity index (χ1) is 6.70. The minimum Gasteiger partial charge on any atom is -0.394 e. The number of rotatable bonds is 9. The van der Waals surface area contributed by atoms with Crippen molar-refractivity contribution in [1.29, 1.82) is 0 Å². The van der Waals surface area contributed by atoms with Crippen LogP contribution in [0.25, 0.3) is 0 Å². The van der Waals surface area contributed by atoms with E-state index < -0.39 is 12.2 Å². The van der Waals surface area contributed by atoms with Gasteiger partial charge in [0.2, 0.25) is 0 Å². The lowest BCUT2D eigenvalue weighted by molar-refractivity contribution is -0.0261. The highest BCUT2D eigenvalue weighted by molar-refractivity contribution is 9.09. The SMILES string of the molecule is OCC(O)COCC(O)CCCCBr. The summed E-state index contributed by atoms with van der Waals surface area (Å²) in [7, 11) is 0. The first kappa shape index (κ1) is 14.3. The molecule has 0 saturated heterocycles. The molecule has 0 amide bonds. The van der Waals surface area contributed by atoms with Crippen LogP contribution in [0.15, 0.2) is 0 Å². The molecule has 0 bridgehead atoms. The van der Waals surface area contributed by atoms with Crippen LogP contribution in [0.1, 0.15) is 19.3 Å². The van der Waals surface area contributed by atoms with Crippen LogP contribution in [0.4, 0.5) is 0 Å². The fraction of sp³-hybridized carbons (Fsp3) is 1.00. The summed E-state index contributed by atoms with van der Waals surface area (Å²) in [5.41, 5.74) is 0. The summed E-state index contributed by atoms with van der Waals surface area (Å²) in [6.07, 6.45) is 1.39. The average Bonchev–Trinajstić information content (AvgIpc) is 2.18. The maximum absolute atomic E-state index is 9.38. The Balaban J connectivity index is 3.21. The standard InChI is InChI=1S/C9H19BrO4/c10-4-2-1-3-8(12)6-14-7-9(13)5-11/h8-9,11-13H,1-7H2. The molecule has 0 aliphatic rings. The van der Waals surface area contributed by atoms with E-state index in [0.717, 1.165) is 18.2 Å². The fourth-order valence-corrected chi connectivity index (χ4v) is 1.35. The molecule has 0 rings (SSSR count). The Morgan fingerprint density at radius 3 is 2.29 bits per heavy atom. The number of hydrogen-bond acceptors (Lipinski definition) is 4. The first-order valence-corrected chi connectivity index (χ1v) is 5.93. The van der Waals surface area contributed by atoms with Crippen molar-refractivity contribution in [3.63, 3.8) is 0 Å². The molecule has 4 nitrogen and oxygen atoms in total. The van der Waals surface area contributed by atoms with E-state index in [2.05, 4.69) is 15.9 Å². The molecule has 0 aromatic rings. The van der Waals surface area contributed by atoms with E-state index in [0.29, 0.717) is 6.42 Å². The quantitative estimate of drug-likeness (QED) is 0.416. The molecule has 0 aliphatic heterocycles.